The van der Waals surface area contributed by atoms with Crippen LogP contribution in [-0.4, -0.2) is 31.6 Å². The van der Waals surface area contributed by atoms with Crippen molar-refractivity contribution in [3.8, 4) is 11.6 Å². The van der Waals surface area contributed by atoms with Crippen LogP contribution in [0.15, 0.2) is 33.7 Å². The van der Waals surface area contributed by atoms with Crippen LogP contribution in [0.5, 0.6) is 0 Å². The third kappa shape index (κ3) is 2.65. The van der Waals surface area contributed by atoms with Crippen molar-refractivity contribution < 1.29 is 13.6 Å². The van der Waals surface area contributed by atoms with Crippen molar-refractivity contribution in [2.24, 2.45) is 5.92 Å². The summed E-state index contributed by atoms with van der Waals surface area (Å²) >= 11 is 0. The lowest BCUT2D eigenvalue weighted by molar-refractivity contribution is 0.0633. The van der Waals surface area contributed by atoms with Gasteiger partial charge in [0.15, 0.2) is 12.1 Å². The van der Waals surface area contributed by atoms with Crippen LogP contribution in [0.4, 0.5) is 0 Å². The second kappa shape index (κ2) is 5.96. The minimum Gasteiger partial charge on any atom is -0.448 e. The lowest BCUT2D eigenvalue weighted by Gasteiger charge is -2.14. The Balaban J connectivity index is 1.56. The normalized spacial score (nSPS) is 21.1. The first-order chi connectivity index (χ1) is 11.3. The lowest BCUT2D eigenvalue weighted by Crippen LogP contribution is -2.15. The van der Waals surface area contributed by atoms with Crippen LogP contribution >= 0.6 is 0 Å². The van der Waals surface area contributed by atoms with Crippen LogP contribution in [0, 0.1) is 5.92 Å². The highest BCUT2D eigenvalue weighted by Crippen LogP contribution is 2.36. The van der Waals surface area contributed by atoms with Crippen LogP contribution in [0.25, 0.3) is 11.6 Å². The van der Waals surface area contributed by atoms with Gasteiger partial charge < -0.3 is 13.6 Å². The van der Waals surface area contributed by atoms with E-state index < -0.39 is 0 Å². The predicted molar refractivity (Wildman–Crippen MR) is 78.2 cm³/mol. The molecular weight excluding hydrogens is 298 g/mol. The van der Waals surface area contributed by atoms with Crippen LogP contribution < -0.4 is 0 Å². The fraction of sp³-hybridized carbons (Fsp3) is 0.467. The Hall–Kier alpha value is -2.48. The van der Waals surface area contributed by atoms with Crippen molar-refractivity contribution in [2.75, 3.05) is 6.61 Å². The molecular formula is C15H17N5O3. The van der Waals surface area contributed by atoms with Gasteiger partial charge in [0.25, 0.3) is 5.89 Å². The molecule has 120 valence electrons. The first-order valence-corrected chi connectivity index (χ1v) is 7.70. The van der Waals surface area contributed by atoms with Crippen molar-refractivity contribution in [2.45, 2.75) is 32.4 Å². The topological polar surface area (TPSA) is 92.0 Å². The van der Waals surface area contributed by atoms with Gasteiger partial charge in [0.2, 0.25) is 5.89 Å². The number of aryl methyl sites for hydroxylation is 1. The minimum absolute atomic E-state index is 0.211. The zero-order valence-electron chi connectivity index (χ0n) is 12.8. The highest BCUT2D eigenvalue weighted by Gasteiger charge is 2.34. The summed E-state index contributed by atoms with van der Waals surface area (Å²) in [4.78, 5) is 4.16. The molecule has 1 fully saturated rings. The molecule has 1 saturated heterocycles. The summed E-state index contributed by atoms with van der Waals surface area (Å²) in [5.74, 6) is 1.85. The summed E-state index contributed by atoms with van der Waals surface area (Å²) in [5, 5.41) is 12.5. The van der Waals surface area contributed by atoms with Gasteiger partial charge in [0, 0.05) is 37.9 Å². The fourth-order valence-electron chi connectivity index (χ4n) is 2.88. The molecule has 1 aliphatic heterocycles. The summed E-state index contributed by atoms with van der Waals surface area (Å²) in [6, 6.07) is 1.91. The molecule has 0 radical (unpaired) electrons. The monoisotopic (exact) mass is 315 g/mol. The van der Waals surface area contributed by atoms with E-state index in [2.05, 4.69) is 20.3 Å². The smallest absolute Gasteiger partial charge is 0.270 e. The van der Waals surface area contributed by atoms with Gasteiger partial charge in [-0.15, -0.1) is 10.2 Å². The van der Waals surface area contributed by atoms with Gasteiger partial charge >= 0.3 is 0 Å². The highest BCUT2D eigenvalue weighted by atomic mass is 16.5. The average molecular weight is 315 g/mol. The van der Waals surface area contributed by atoms with Crippen molar-refractivity contribution in [1.29, 1.82) is 0 Å². The molecule has 8 heteroatoms. The maximum absolute atomic E-state index is 5.81. The number of nitrogens with zero attached hydrogens (tertiary/aromatic N) is 5. The molecule has 0 spiro atoms. The third-order valence-corrected chi connectivity index (χ3v) is 4.04. The number of ether oxygens (including phenoxy) is 1. The summed E-state index contributed by atoms with van der Waals surface area (Å²) in [6.07, 6.45) is 6.55. The summed E-state index contributed by atoms with van der Waals surface area (Å²) in [7, 11) is 0. The Kier molecular flexibility index (Phi) is 3.66. The zero-order chi connectivity index (χ0) is 15.6. The van der Waals surface area contributed by atoms with Crippen molar-refractivity contribution in [1.82, 2.24) is 25.0 Å². The standard InChI is InChI=1S/C15H17N5O3/c1-2-11-12(16-9-22-11)14-18-19-15(23-14)13-10(4-7-21-13)8-20-6-3-5-17-20/h3,5-6,9-10,13H,2,4,7-8H2,1H3/t10-,13-/m0/s1. The van der Waals surface area contributed by atoms with Crippen LogP contribution in [0.3, 0.4) is 0 Å². The van der Waals surface area contributed by atoms with E-state index in [0.717, 1.165) is 25.1 Å². The second-order valence-corrected chi connectivity index (χ2v) is 5.49. The van der Waals surface area contributed by atoms with E-state index in [1.807, 2.05) is 23.9 Å². The van der Waals surface area contributed by atoms with Gasteiger partial charge in [-0.05, 0) is 12.5 Å². The summed E-state index contributed by atoms with van der Waals surface area (Å²) in [5.41, 5.74) is 0.605. The second-order valence-electron chi connectivity index (χ2n) is 5.49. The SMILES string of the molecule is CCc1ocnc1-c1nnc([C@H]2OCC[C@H]2Cn2cccn2)o1. The van der Waals surface area contributed by atoms with Gasteiger partial charge in [-0.2, -0.15) is 5.10 Å². The lowest BCUT2D eigenvalue weighted by atomic mass is 10.0. The Morgan fingerprint density at radius 3 is 3.13 bits per heavy atom. The first-order valence-electron chi connectivity index (χ1n) is 7.70. The van der Waals surface area contributed by atoms with Crippen LogP contribution in [0.1, 0.15) is 31.1 Å². The van der Waals surface area contributed by atoms with Crippen molar-refractivity contribution in [3.63, 3.8) is 0 Å². The van der Waals surface area contributed by atoms with Crippen molar-refractivity contribution in [3.05, 3.63) is 36.5 Å². The van der Waals surface area contributed by atoms with Gasteiger partial charge in [0.05, 0.1) is 0 Å². The van der Waals surface area contributed by atoms with Gasteiger partial charge in [-0.1, -0.05) is 6.92 Å². The molecule has 0 aromatic carbocycles. The van der Waals surface area contributed by atoms with E-state index in [1.54, 1.807) is 6.20 Å². The van der Waals surface area contributed by atoms with Crippen LogP contribution in [-0.2, 0) is 17.7 Å². The molecule has 0 saturated carbocycles. The molecule has 0 aliphatic carbocycles. The Labute approximate surface area is 132 Å². The molecule has 1 aliphatic rings. The average Bonchev–Trinajstić information content (AvgIpc) is 3.34. The molecule has 2 atom stereocenters. The van der Waals surface area contributed by atoms with E-state index in [9.17, 15) is 0 Å². The Morgan fingerprint density at radius 1 is 1.35 bits per heavy atom. The molecule has 3 aromatic heterocycles. The van der Waals surface area contributed by atoms with Crippen molar-refractivity contribution >= 4 is 0 Å². The minimum atomic E-state index is -0.211. The largest absolute Gasteiger partial charge is 0.448 e. The molecule has 0 bridgehead atoms. The Morgan fingerprint density at radius 2 is 2.30 bits per heavy atom. The number of rotatable bonds is 5. The molecule has 3 aromatic rings. The highest BCUT2D eigenvalue weighted by molar-refractivity contribution is 5.48. The Bertz CT molecular complexity index is 764. The molecule has 23 heavy (non-hydrogen) atoms. The van der Waals surface area contributed by atoms with Gasteiger partial charge in [-0.3, -0.25) is 4.68 Å². The number of aromatic nitrogens is 5. The van der Waals surface area contributed by atoms with Crippen LogP contribution in [0.2, 0.25) is 0 Å². The quantitative estimate of drug-likeness (QED) is 0.713. The van der Waals surface area contributed by atoms with E-state index in [-0.39, 0.29) is 12.0 Å². The maximum atomic E-state index is 5.81. The maximum Gasteiger partial charge on any atom is 0.270 e. The zero-order valence-corrected chi connectivity index (χ0v) is 12.8. The van der Waals surface area contributed by atoms with E-state index in [0.29, 0.717) is 24.1 Å². The van der Waals surface area contributed by atoms with E-state index in [4.69, 9.17) is 13.6 Å². The molecule has 8 nitrogen and oxygen atoms in total. The molecule has 0 amide bonds. The van der Waals surface area contributed by atoms with Gasteiger partial charge in [0.1, 0.15) is 11.9 Å². The molecule has 0 unspecified atom stereocenters. The number of hydrogen-bond acceptors (Lipinski definition) is 7. The van der Waals surface area contributed by atoms with Gasteiger partial charge in [-0.25, -0.2) is 4.98 Å². The number of oxazole rings is 1. The molecule has 0 N–H and O–H groups in total. The third-order valence-electron chi connectivity index (χ3n) is 4.04. The first kappa shape index (κ1) is 14.1. The molecule has 4 rings (SSSR count). The summed E-state index contributed by atoms with van der Waals surface area (Å²) < 4.78 is 18.8. The summed E-state index contributed by atoms with van der Waals surface area (Å²) in [6.45, 7) is 3.43. The van der Waals surface area contributed by atoms with E-state index in [1.165, 1.54) is 6.39 Å². The predicted octanol–water partition coefficient (Wildman–Crippen LogP) is 2.26. The number of hydrogen-bond donors (Lipinski definition) is 0. The van der Waals surface area contributed by atoms with E-state index >= 15 is 0 Å². The fourth-order valence-corrected chi connectivity index (χ4v) is 2.88. The molecule has 4 heterocycles.